The lowest BCUT2D eigenvalue weighted by atomic mass is 9.87. The number of rotatable bonds is 5. The summed E-state index contributed by atoms with van der Waals surface area (Å²) in [5.74, 6) is -0.0616. The van der Waals surface area contributed by atoms with Crippen molar-refractivity contribution in [2.75, 3.05) is 0 Å². The summed E-state index contributed by atoms with van der Waals surface area (Å²) >= 11 is 0. The average Bonchev–Trinajstić information content (AvgIpc) is 2.34. The maximum Gasteiger partial charge on any atom is 0.328 e. The first-order valence-electron chi connectivity index (χ1n) is 6.94. The summed E-state index contributed by atoms with van der Waals surface area (Å²) in [6, 6.07) is 4.39. The number of carbonyl (C=O) groups is 1. The highest BCUT2D eigenvalue weighted by Crippen LogP contribution is 2.29. The highest BCUT2D eigenvalue weighted by molar-refractivity contribution is 5.85. The van der Waals surface area contributed by atoms with E-state index in [4.69, 9.17) is 5.11 Å². The van der Waals surface area contributed by atoms with Crippen LogP contribution in [-0.2, 0) is 11.2 Å². The summed E-state index contributed by atoms with van der Waals surface area (Å²) in [7, 11) is 0. The van der Waals surface area contributed by atoms with Gasteiger partial charge in [0.05, 0.1) is 0 Å². The van der Waals surface area contributed by atoms with Crippen LogP contribution in [-0.4, -0.2) is 11.1 Å². The smallest absolute Gasteiger partial charge is 0.328 e. The highest BCUT2D eigenvalue weighted by Gasteiger charge is 2.12. The maximum atomic E-state index is 10.7. The summed E-state index contributed by atoms with van der Waals surface area (Å²) in [5.41, 5.74) is 4.93. The third-order valence-electron chi connectivity index (χ3n) is 3.38. The molecule has 104 valence electrons. The van der Waals surface area contributed by atoms with Gasteiger partial charge in [-0.3, -0.25) is 0 Å². The molecular formula is C17H24O2. The number of hydrogen-bond acceptors (Lipinski definition) is 1. The molecule has 0 spiro atoms. The Bertz CT molecular complexity index is 482. The summed E-state index contributed by atoms with van der Waals surface area (Å²) in [4.78, 5) is 10.7. The number of aliphatic carboxylic acids is 1. The lowest BCUT2D eigenvalue weighted by Gasteiger charge is -2.18. The second kappa shape index (κ2) is 6.55. The number of carboxylic acid groups (broad SMARTS) is 1. The van der Waals surface area contributed by atoms with Crippen LogP contribution >= 0.6 is 0 Å². The largest absolute Gasteiger partial charge is 0.478 e. The van der Waals surface area contributed by atoms with E-state index in [2.05, 4.69) is 46.8 Å². The lowest BCUT2D eigenvalue weighted by molar-refractivity contribution is -0.131. The minimum atomic E-state index is -0.902. The molecule has 0 radical (unpaired) electrons. The van der Waals surface area contributed by atoms with Crippen molar-refractivity contribution in [1.29, 1.82) is 0 Å². The Hall–Kier alpha value is -1.57. The molecule has 0 fully saturated rings. The molecule has 19 heavy (non-hydrogen) atoms. The minimum Gasteiger partial charge on any atom is -0.478 e. The fourth-order valence-electron chi connectivity index (χ4n) is 2.35. The normalized spacial score (nSPS) is 11.7. The van der Waals surface area contributed by atoms with Crippen molar-refractivity contribution in [3.63, 3.8) is 0 Å². The Balaban J connectivity index is 3.41. The van der Waals surface area contributed by atoms with E-state index in [0.717, 1.165) is 12.0 Å². The van der Waals surface area contributed by atoms with Crippen LogP contribution < -0.4 is 0 Å². The Kier molecular flexibility index (Phi) is 5.34. The predicted molar refractivity (Wildman–Crippen MR) is 80.7 cm³/mol. The second-order valence-electron chi connectivity index (χ2n) is 5.51. The van der Waals surface area contributed by atoms with E-state index in [-0.39, 0.29) is 0 Å². The third kappa shape index (κ3) is 3.95. The predicted octanol–water partition coefficient (Wildman–Crippen LogP) is 4.59. The molecule has 1 rings (SSSR count). The second-order valence-corrected chi connectivity index (χ2v) is 5.51. The van der Waals surface area contributed by atoms with Crippen LogP contribution in [0, 0.1) is 0 Å². The van der Waals surface area contributed by atoms with Crippen LogP contribution in [0.15, 0.2) is 18.2 Å². The average molecular weight is 260 g/mol. The molecule has 0 heterocycles. The zero-order valence-electron chi connectivity index (χ0n) is 12.5. The van der Waals surface area contributed by atoms with Gasteiger partial charge in [0, 0.05) is 6.08 Å². The standard InChI is InChI=1S/C17H24O2/c1-6-13-9-16(12(4)5)14(7-8-17(18)19)10-15(13)11(2)3/h7-12H,6H2,1-5H3,(H,18,19). The van der Waals surface area contributed by atoms with Gasteiger partial charge in [0.15, 0.2) is 0 Å². The highest BCUT2D eigenvalue weighted by atomic mass is 16.4. The Morgan fingerprint density at radius 2 is 1.74 bits per heavy atom. The van der Waals surface area contributed by atoms with E-state index in [1.165, 1.54) is 22.8 Å². The van der Waals surface area contributed by atoms with E-state index in [1.54, 1.807) is 6.08 Å². The lowest BCUT2D eigenvalue weighted by Crippen LogP contribution is -2.02. The van der Waals surface area contributed by atoms with E-state index in [9.17, 15) is 4.79 Å². The zero-order chi connectivity index (χ0) is 14.6. The van der Waals surface area contributed by atoms with Gasteiger partial charge < -0.3 is 5.11 Å². The monoisotopic (exact) mass is 260 g/mol. The summed E-state index contributed by atoms with van der Waals surface area (Å²) in [6.07, 6.45) is 3.94. The third-order valence-corrected chi connectivity index (χ3v) is 3.38. The van der Waals surface area contributed by atoms with Crippen LogP contribution in [0.2, 0.25) is 0 Å². The van der Waals surface area contributed by atoms with Crippen molar-refractivity contribution in [1.82, 2.24) is 0 Å². The van der Waals surface area contributed by atoms with E-state index >= 15 is 0 Å². The molecular weight excluding hydrogens is 236 g/mol. The number of carboxylic acids is 1. The van der Waals surface area contributed by atoms with E-state index in [1.807, 2.05) is 0 Å². The summed E-state index contributed by atoms with van der Waals surface area (Å²) in [5, 5.41) is 8.80. The fourth-order valence-corrected chi connectivity index (χ4v) is 2.35. The van der Waals surface area contributed by atoms with Crippen molar-refractivity contribution >= 4 is 12.0 Å². The molecule has 0 aromatic heterocycles. The van der Waals surface area contributed by atoms with Crippen molar-refractivity contribution in [3.05, 3.63) is 40.5 Å². The van der Waals surface area contributed by atoms with Crippen LogP contribution in [0.3, 0.4) is 0 Å². The molecule has 2 nitrogen and oxygen atoms in total. The van der Waals surface area contributed by atoms with Crippen molar-refractivity contribution in [3.8, 4) is 0 Å². The summed E-state index contributed by atoms with van der Waals surface area (Å²) < 4.78 is 0. The Morgan fingerprint density at radius 3 is 2.16 bits per heavy atom. The molecule has 1 aromatic carbocycles. The van der Waals surface area contributed by atoms with Gasteiger partial charge in [0.1, 0.15) is 0 Å². The molecule has 0 saturated heterocycles. The van der Waals surface area contributed by atoms with Gasteiger partial charge in [0.25, 0.3) is 0 Å². The molecule has 0 amide bonds. The summed E-state index contributed by atoms with van der Waals surface area (Å²) in [6.45, 7) is 10.8. The van der Waals surface area contributed by atoms with Gasteiger partial charge in [-0.05, 0) is 46.6 Å². The van der Waals surface area contributed by atoms with Gasteiger partial charge in [-0.2, -0.15) is 0 Å². The quantitative estimate of drug-likeness (QED) is 0.786. The van der Waals surface area contributed by atoms with Crippen LogP contribution in [0.4, 0.5) is 0 Å². The van der Waals surface area contributed by atoms with E-state index < -0.39 is 5.97 Å². The van der Waals surface area contributed by atoms with Crippen molar-refractivity contribution < 1.29 is 9.90 Å². The maximum absolute atomic E-state index is 10.7. The molecule has 0 bridgehead atoms. The molecule has 0 unspecified atom stereocenters. The van der Waals surface area contributed by atoms with Crippen LogP contribution in [0.5, 0.6) is 0 Å². The number of aryl methyl sites for hydroxylation is 1. The topological polar surface area (TPSA) is 37.3 Å². The number of benzene rings is 1. The first kappa shape index (κ1) is 15.5. The van der Waals surface area contributed by atoms with Crippen molar-refractivity contribution in [2.45, 2.75) is 52.9 Å². The zero-order valence-corrected chi connectivity index (χ0v) is 12.5. The van der Waals surface area contributed by atoms with Crippen molar-refractivity contribution in [2.24, 2.45) is 0 Å². The molecule has 2 heteroatoms. The minimum absolute atomic E-state index is 0.389. The Morgan fingerprint density at radius 1 is 1.16 bits per heavy atom. The SMILES string of the molecule is CCc1cc(C(C)C)c(C=CC(=O)O)cc1C(C)C. The molecule has 0 aliphatic heterocycles. The van der Waals surface area contributed by atoms with Gasteiger partial charge in [0.2, 0.25) is 0 Å². The van der Waals surface area contributed by atoms with Gasteiger partial charge in [-0.25, -0.2) is 4.79 Å². The molecule has 1 aromatic rings. The number of hydrogen-bond donors (Lipinski definition) is 1. The van der Waals surface area contributed by atoms with Gasteiger partial charge in [-0.15, -0.1) is 0 Å². The molecule has 0 aliphatic rings. The van der Waals surface area contributed by atoms with Gasteiger partial charge in [-0.1, -0.05) is 46.8 Å². The fraction of sp³-hybridized carbons (Fsp3) is 0.471. The molecule has 1 N–H and O–H groups in total. The first-order chi connectivity index (χ1) is 8.86. The van der Waals surface area contributed by atoms with Gasteiger partial charge >= 0.3 is 5.97 Å². The molecule has 0 aliphatic carbocycles. The molecule has 0 saturated carbocycles. The van der Waals surface area contributed by atoms with E-state index in [0.29, 0.717) is 11.8 Å². The first-order valence-corrected chi connectivity index (χ1v) is 6.94. The molecule has 0 atom stereocenters. The van der Waals surface area contributed by atoms with Crippen LogP contribution in [0.1, 0.15) is 68.7 Å². The Labute approximate surface area is 116 Å². The van der Waals surface area contributed by atoms with Crippen LogP contribution in [0.25, 0.3) is 6.08 Å².